The molecule has 3 heterocycles. The largest absolute Gasteiger partial charge is 0.339 e. The van der Waals surface area contributed by atoms with E-state index in [9.17, 15) is 13.2 Å². The third-order valence-electron chi connectivity index (χ3n) is 4.42. The molecule has 0 bridgehead atoms. The predicted molar refractivity (Wildman–Crippen MR) is 106 cm³/mol. The Labute approximate surface area is 164 Å². The predicted octanol–water partition coefficient (Wildman–Crippen LogP) is 2.29. The number of hydrazine groups is 1. The third-order valence-corrected chi connectivity index (χ3v) is 6.24. The third kappa shape index (κ3) is 4.96. The van der Waals surface area contributed by atoms with Gasteiger partial charge in [-0.1, -0.05) is 19.9 Å². The van der Waals surface area contributed by atoms with Gasteiger partial charge in [-0.05, 0) is 42.5 Å². The van der Waals surface area contributed by atoms with Crippen molar-refractivity contribution in [3.8, 4) is 0 Å². The van der Waals surface area contributed by atoms with E-state index in [1.54, 1.807) is 24.4 Å². The molecule has 1 aliphatic heterocycles. The number of nitrogens with one attached hydrogen (secondary N) is 3. The molecule has 1 aliphatic rings. The van der Waals surface area contributed by atoms with Crippen molar-refractivity contribution in [2.24, 2.45) is 11.8 Å². The van der Waals surface area contributed by atoms with Gasteiger partial charge in [0.2, 0.25) is 10.0 Å². The molecule has 0 spiro atoms. The summed E-state index contributed by atoms with van der Waals surface area (Å²) in [5.41, 5.74) is 5.05. The van der Waals surface area contributed by atoms with Crippen LogP contribution >= 0.6 is 0 Å². The zero-order valence-electron chi connectivity index (χ0n) is 15.8. The van der Waals surface area contributed by atoms with E-state index in [1.807, 2.05) is 0 Å². The van der Waals surface area contributed by atoms with Crippen LogP contribution in [0.1, 0.15) is 20.3 Å². The minimum atomic E-state index is -3.58. The first-order valence-electron chi connectivity index (χ1n) is 9.05. The lowest BCUT2D eigenvalue weighted by Gasteiger charge is -2.33. The molecule has 0 aromatic carbocycles. The van der Waals surface area contributed by atoms with Gasteiger partial charge in [-0.25, -0.2) is 23.2 Å². The average molecular weight is 404 g/mol. The first kappa shape index (κ1) is 20.0. The second-order valence-electron chi connectivity index (χ2n) is 7.07. The minimum Gasteiger partial charge on any atom is -0.291 e. The van der Waals surface area contributed by atoms with Gasteiger partial charge in [0.1, 0.15) is 16.5 Å². The summed E-state index contributed by atoms with van der Waals surface area (Å²) in [5, 5.41) is 2.55. The van der Waals surface area contributed by atoms with Gasteiger partial charge in [-0.2, -0.15) is 4.31 Å². The molecule has 150 valence electrons. The number of urea groups is 1. The first-order valence-corrected chi connectivity index (χ1v) is 10.5. The molecule has 0 aliphatic carbocycles. The van der Waals surface area contributed by atoms with E-state index >= 15 is 0 Å². The van der Waals surface area contributed by atoms with Crippen LogP contribution in [0.5, 0.6) is 0 Å². The van der Waals surface area contributed by atoms with E-state index in [4.69, 9.17) is 0 Å². The van der Waals surface area contributed by atoms with Crippen LogP contribution < -0.4 is 16.2 Å². The molecule has 9 nitrogen and oxygen atoms in total. The molecule has 2 aromatic rings. The van der Waals surface area contributed by atoms with Crippen LogP contribution in [-0.4, -0.2) is 41.8 Å². The standard InChI is InChI=1S/C18H24N6O3S/c1-13-9-14(2)12-24(11-13)28(26,27)15-6-7-17(20-10-15)22-23-18(25)21-16-5-3-4-8-19-16/h3-8,10,13-14H,9,11-12H2,1-2H3,(H,20,22)(H2,19,21,23,25). The molecular weight excluding hydrogens is 380 g/mol. The van der Waals surface area contributed by atoms with Crippen LogP contribution in [0.25, 0.3) is 0 Å². The number of carbonyl (C=O) groups excluding carboxylic acids is 1. The maximum atomic E-state index is 12.8. The topological polar surface area (TPSA) is 116 Å². The zero-order valence-corrected chi connectivity index (χ0v) is 16.6. The van der Waals surface area contributed by atoms with Crippen LogP contribution in [0.2, 0.25) is 0 Å². The number of aromatic nitrogens is 2. The summed E-state index contributed by atoms with van der Waals surface area (Å²) in [5.74, 6) is 1.38. The van der Waals surface area contributed by atoms with Gasteiger partial charge in [-0.3, -0.25) is 16.2 Å². The van der Waals surface area contributed by atoms with Crippen molar-refractivity contribution in [1.29, 1.82) is 0 Å². The molecule has 2 amide bonds. The summed E-state index contributed by atoms with van der Waals surface area (Å²) in [6.07, 6.45) is 3.88. The quantitative estimate of drug-likeness (QED) is 0.659. The van der Waals surface area contributed by atoms with Gasteiger partial charge in [-0.15, -0.1) is 0 Å². The van der Waals surface area contributed by atoms with Gasteiger partial charge in [0.25, 0.3) is 0 Å². The molecular formula is C18H24N6O3S. The summed E-state index contributed by atoms with van der Waals surface area (Å²) >= 11 is 0. The molecule has 28 heavy (non-hydrogen) atoms. The average Bonchev–Trinajstić information content (AvgIpc) is 2.67. The number of sulfonamides is 1. The Kier molecular flexibility index (Phi) is 6.10. The molecule has 0 radical (unpaired) electrons. The van der Waals surface area contributed by atoms with E-state index in [0.29, 0.717) is 36.6 Å². The van der Waals surface area contributed by atoms with Crippen LogP contribution in [0.3, 0.4) is 0 Å². The molecule has 2 unspecified atom stereocenters. The Morgan fingerprint density at radius 3 is 2.43 bits per heavy atom. The van der Waals surface area contributed by atoms with Gasteiger partial charge < -0.3 is 0 Å². The number of pyridine rings is 2. The van der Waals surface area contributed by atoms with Crippen molar-refractivity contribution >= 4 is 27.7 Å². The number of anilines is 2. The Hall–Kier alpha value is -2.72. The van der Waals surface area contributed by atoms with Crippen molar-refractivity contribution in [1.82, 2.24) is 19.7 Å². The lowest BCUT2D eigenvalue weighted by Crippen LogP contribution is -2.42. The van der Waals surface area contributed by atoms with Crippen LogP contribution in [0, 0.1) is 11.8 Å². The Morgan fingerprint density at radius 2 is 1.82 bits per heavy atom. The molecule has 1 saturated heterocycles. The SMILES string of the molecule is CC1CC(C)CN(S(=O)(=O)c2ccc(NNC(=O)Nc3ccccn3)nc2)C1. The summed E-state index contributed by atoms with van der Waals surface area (Å²) in [6.45, 7) is 5.15. The van der Waals surface area contributed by atoms with E-state index in [2.05, 4.69) is 40.0 Å². The monoisotopic (exact) mass is 404 g/mol. The van der Waals surface area contributed by atoms with Crippen LogP contribution in [0.15, 0.2) is 47.6 Å². The molecule has 3 rings (SSSR count). The number of hydrogen-bond acceptors (Lipinski definition) is 6. The number of hydrogen-bond donors (Lipinski definition) is 3. The van der Waals surface area contributed by atoms with Gasteiger partial charge in [0, 0.05) is 25.5 Å². The molecule has 0 saturated carbocycles. The number of piperidine rings is 1. The van der Waals surface area contributed by atoms with Gasteiger partial charge in [0.05, 0.1) is 0 Å². The van der Waals surface area contributed by atoms with E-state index in [0.717, 1.165) is 6.42 Å². The fourth-order valence-corrected chi connectivity index (χ4v) is 4.89. The summed E-state index contributed by atoms with van der Waals surface area (Å²) < 4.78 is 27.2. The smallest absolute Gasteiger partial charge is 0.291 e. The number of nitrogens with zero attached hydrogens (tertiary/aromatic N) is 3. The lowest BCUT2D eigenvalue weighted by molar-refractivity contribution is 0.222. The van der Waals surface area contributed by atoms with Gasteiger partial charge >= 0.3 is 6.03 Å². The first-order chi connectivity index (χ1) is 13.3. The highest BCUT2D eigenvalue weighted by Gasteiger charge is 2.31. The highest BCUT2D eigenvalue weighted by molar-refractivity contribution is 7.89. The Bertz CT molecular complexity index is 895. The number of amides is 2. The molecule has 3 N–H and O–H groups in total. The second kappa shape index (κ2) is 8.53. The molecule has 2 aromatic heterocycles. The van der Waals surface area contributed by atoms with Crippen molar-refractivity contribution in [2.75, 3.05) is 23.8 Å². The van der Waals surface area contributed by atoms with Crippen molar-refractivity contribution in [3.63, 3.8) is 0 Å². The Morgan fingerprint density at radius 1 is 1.07 bits per heavy atom. The molecule has 10 heteroatoms. The number of rotatable bonds is 5. The van der Waals surface area contributed by atoms with Crippen LogP contribution in [0.4, 0.5) is 16.4 Å². The van der Waals surface area contributed by atoms with Crippen molar-refractivity contribution < 1.29 is 13.2 Å². The number of carbonyl (C=O) groups is 1. The fourth-order valence-electron chi connectivity index (χ4n) is 3.26. The van der Waals surface area contributed by atoms with Gasteiger partial charge in [0.15, 0.2) is 0 Å². The summed E-state index contributed by atoms with van der Waals surface area (Å²) in [6, 6.07) is 7.61. The summed E-state index contributed by atoms with van der Waals surface area (Å²) in [4.78, 5) is 20.0. The highest BCUT2D eigenvalue weighted by atomic mass is 32.2. The molecule has 1 fully saturated rings. The highest BCUT2D eigenvalue weighted by Crippen LogP contribution is 2.26. The minimum absolute atomic E-state index is 0.136. The summed E-state index contributed by atoms with van der Waals surface area (Å²) in [7, 11) is -3.58. The van der Waals surface area contributed by atoms with E-state index in [1.165, 1.54) is 22.6 Å². The van der Waals surface area contributed by atoms with E-state index < -0.39 is 16.1 Å². The van der Waals surface area contributed by atoms with Crippen LogP contribution in [-0.2, 0) is 10.0 Å². The maximum Gasteiger partial charge on any atom is 0.339 e. The maximum absolute atomic E-state index is 12.8. The lowest BCUT2D eigenvalue weighted by atomic mass is 9.94. The van der Waals surface area contributed by atoms with Crippen molar-refractivity contribution in [3.05, 3.63) is 42.7 Å². The zero-order chi connectivity index (χ0) is 20.1. The fraction of sp³-hybridized carbons (Fsp3) is 0.389. The second-order valence-corrected chi connectivity index (χ2v) is 9.00. The van der Waals surface area contributed by atoms with Crippen molar-refractivity contribution in [2.45, 2.75) is 25.2 Å². The Balaban J connectivity index is 1.59. The molecule has 2 atom stereocenters. The normalized spacial score (nSPS) is 20.4. The van der Waals surface area contributed by atoms with E-state index in [-0.39, 0.29) is 4.90 Å².